The third-order valence-electron chi connectivity index (χ3n) is 3.81. The van der Waals surface area contributed by atoms with E-state index in [1.54, 1.807) is 23.6 Å². The molecule has 0 aliphatic carbocycles. The second-order valence-electron chi connectivity index (χ2n) is 5.46. The number of morpholine rings is 1. The lowest BCUT2D eigenvalue weighted by Crippen LogP contribution is -2.36. The van der Waals surface area contributed by atoms with Crippen LogP contribution in [0.4, 0.5) is 10.8 Å². The Labute approximate surface area is 151 Å². The first-order valence-corrected chi connectivity index (χ1v) is 9.18. The van der Waals surface area contributed by atoms with Crippen LogP contribution >= 0.6 is 27.3 Å². The molecule has 0 atom stereocenters. The molecule has 3 aromatic rings. The zero-order valence-corrected chi connectivity index (χ0v) is 15.1. The third kappa shape index (κ3) is 3.17. The summed E-state index contributed by atoms with van der Waals surface area (Å²) in [5.74, 6) is -0.169. The molecular formula is C16H15BrN4O2S. The van der Waals surface area contributed by atoms with Crippen molar-refractivity contribution >= 4 is 54.2 Å². The van der Waals surface area contributed by atoms with Gasteiger partial charge in [0.2, 0.25) is 0 Å². The zero-order valence-electron chi connectivity index (χ0n) is 12.7. The summed E-state index contributed by atoms with van der Waals surface area (Å²) in [5, 5.41) is 3.91. The van der Waals surface area contributed by atoms with Gasteiger partial charge >= 0.3 is 0 Å². The van der Waals surface area contributed by atoms with E-state index in [9.17, 15) is 4.79 Å². The van der Waals surface area contributed by atoms with E-state index in [-0.39, 0.29) is 5.91 Å². The highest BCUT2D eigenvalue weighted by molar-refractivity contribution is 9.10. The van der Waals surface area contributed by atoms with Crippen molar-refractivity contribution in [3.8, 4) is 0 Å². The number of carbonyl (C=O) groups is 1. The van der Waals surface area contributed by atoms with Crippen LogP contribution in [0.1, 0.15) is 10.5 Å². The Balaban J connectivity index is 1.55. The number of nitrogens with zero attached hydrogens (tertiary/aromatic N) is 2. The first-order valence-electron chi connectivity index (χ1n) is 7.57. The van der Waals surface area contributed by atoms with E-state index < -0.39 is 0 Å². The molecule has 1 aromatic carbocycles. The first-order chi connectivity index (χ1) is 11.7. The van der Waals surface area contributed by atoms with E-state index in [1.165, 1.54) is 0 Å². The number of ether oxygens (including phenoxy) is 1. The number of thiazole rings is 1. The van der Waals surface area contributed by atoms with Crippen LogP contribution in [0.3, 0.4) is 0 Å². The van der Waals surface area contributed by atoms with Crippen molar-refractivity contribution in [3.05, 3.63) is 40.6 Å². The molecule has 1 fully saturated rings. The molecule has 1 saturated heterocycles. The van der Waals surface area contributed by atoms with Gasteiger partial charge in [-0.05, 0) is 40.2 Å². The van der Waals surface area contributed by atoms with E-state index in [2.05, 4.69) is 36.1 Å². The number of fused-ring (bicyclic) bond motifs is 1. The molecule has 4 rings (SSSR count). The second-order valence-corrected chi connectivity index (χ2v) is 7.39. The molecule has 0 radical (unpaired) electrons. The van der Waals surface area contributed by atoms with Gasteiger partial charge in [-0.1, -0.05) is 11.3 Å². The highest BCUT2D eigenvalue weighted by atomic mass is 79.9. The number of hydrogen-bond acceptors (Lipinski definition) is 5. The third-order valence-corrected chi connectivity index (χ3v) is 5.35. The van der Waals surface area contributed by atoms with Crippen molar-refractivity contribution in [3.63, 3.8) is 0 Å². The van der Waals surface area contributed by atoms with Crippen LogP contribution in [0, 0.1) is 0 Å². The van der Waals surface area contributed by atoms with Gasteiger partial charge in [-0.25, -0.2) is 4.98 Å². The van der Waals surface area contributed by atoms with Crippen LogP contribution in [0.2, 0.25) is 0 Å². The number of nitrogens with one attached hydrogen (secondary N) is 2. The standard InChI is InChI=1S/C16H15BrN4O2S/c17-10-7-13(18-9-10)15(22)19-11-1-2-12-14(8-11)24-16(20-12)21-3-5-23-6-4-21/h1-2,7-9,18H,3-6H2,(H,19,22). The van der Waals surface area contributed by atoms with Gasteiger partial charge in [0.25, 0.3) is 5.91 Å². The Bertz CT molecular complexity index is 885. The molecule has 1 aliphatic heterocycles. The van der Waals surface area contributed by atoms with Gasteiger partial charge < -0.3 is 19.9 Å². The molecule has 1 aliphatic rings. The van der Waals surface area contributed by atoms with E-state index in [1.807, 2.05) is 18.2 Å². The lowest BCUT2D eigenvalue weighted by molar-refractivity contribution is 0.102. The summed E-state index contributed by atoms with van der Waals surface area (Å²) in [4.78, 5) is 22.1. The summed E-state index contributed by atoms with van der Waals surface area (Å²) in [6.07, 6.45) is 1.73. The van der Waals surface area contributed by atoms with Crippen molar-refractivity contribution in [1.29, 1.82) is 0 Å². The predicted octanol–water partition coefficient (Wildman–Crippen LogP) is 3.48. The number of aromatic amines is 1. The van der Waals surface area contributed by atoms with E-state index in [4.69, 9.17) is 4.74 Å². The summed E-state index contributed by atoms with van der Waals surface area (Å²) in [6.45, 7) is 3.21. The van der Waals surface area contributed by atoms with Gasteiger partial charge in [0.1, 0.15) is 5.69 Å². The largest absolute Gasteiger partial charge is 0.378 e. The number of carbonyl (C=O) groups excluding carboxylic acids is 1. The Morgan fingerprint density at radius 1 is 1.33 bits per heavy atom. The lowest BCUT2D eigenvalue weighted by Gasteiger charge is -2.25. The summed E-state index contributed by atoms with van der Waals surface area (Å²) < 4.78 is 7.29. The van der Waals surface area contributed by atoms with E-state index in [0.717, 1.165) is 51.8 Å². The number of H-pyrrole nitrogens is 1. The Kier molecular flexibility index (Phi) is 4.26. The quantitative estimate of drug-likeness (QED) is 0.698. The fourth-order valence-electron chi connectivity index (χ4n) is 2.58. The fourth-order valence-corrected chi connectivity index (χ4v) is 3.98. The molecule has 8 heteroatoms. The molecule has 6 nitrogen and oxygen atoms in total. The number of halogens is 1. The zero-order chi connectivity index (χ0) is 16.5. The normalized spacial score (nSPS) is 15.0. The summed E-state index contributed by atoms with van der Waals surface area (Å²) in [7, 11) is 0. The molecule has 1 amide bonds. The van der Waals surface area contributed by atoms with Crippen molar-refractivity contribution < 1.29 is 9.53 Å². The van der Waals surface area contributed by atoms with Crippen LogP contribution in [-0.4, -0.2) is 42.2 Å². The number of aromatic nitrogens is 2. The topological polar surface area (TPSA) is 70.2 Å². The minimum absolute atomic E-state index is 0.169. The average Bonchev–Trinajstić information content (AvgIpc) is 3.21. The van der Waals surface area contributed by atoms with Crippen molar-refractivity contribution in [2.24, 2.45) is 0 Å². The molecule has 0 unspecified atom stereocenters. The fraction of sp³-hybridized carbons (Fsp3) is 0.250. The first kappa shape index (κ1) is 15.6. The predicted molar refractivity (Wildman–Crippen MR) is 99.1 cm³/mol. The Morgan fingerprint density at radius 3 is 2.92 bits per heavy atom. The smallest absolute Gasteiger partial charge is 0.272 e. The monoisotopic (exact) mass is 406 g/mol. The van der Waals surface area contributed by atoms with Gasteiger partial charge in [-0.15, -0.1) is 0 Å². The Hall–Kier alpha value is -1.90. The van der Waals surface area contributed by atoms with Crippen LogP contribution in [0.5, 0.6) is 0 Å². The number of rotatable bonds is 3. The van der Waals surface area contributed by atoms with Gasteiger partial charge in [0.05, 0.1) is 23.4 Å². The molecule has 2 N–H and O–H groups in total. The lowest BCUT2D eigenvalue weighted by atomic mass is 10.3. The second kappa shape index (κ2) is 6.54. The minimum Gasteiger partial charge on any atom is -0.378 e. The SMILES string of the molecule is O=C(Nc1ccc2nc(N3CCOCC3)sc2c1)c1cc(Br)c[nH]1. The Morgan fingerprint density at radius 2 is 2.17 bits per heavy atom. The number of anilines is 2. The number of benzene rings is 1. The van der Waals surface area contributed by atoms with Crippen molar-refractivity contribution in [2.75, 3.05) is 36.5 Å². The molecular weight excluding hydrogens is 392 g/mol. The summed E-state index contributed by atoms with van der Waals surface area (Å²) in [5.41, 5.74) is 2.22. The van der Waals surface area contributed by atoms with E-state index in [0.29, 0.717) is 5.69 Å². The molecule has 2 aromatic heterocycles. The van der Waals surface area contributed by atoms with Crippen molar-refractivity contribution in [1.82, 2.24) is 9.97 Å². The van der Waals surface area contributed by atoms with Crippen molar-refractivity contribution in [2.45, 2.75) is 0 Å². The molecule has 0 spiro atoms. The number of hydrogen-bond donors (Lipinski definition) is 2. The van der Waals surface area contributed by atoms with Crippen LogP contribution in [-0.2, 0) is 4.74 Å². The molecule has 24 heavy (non-hydrogen) atoms. The molecule has 124 valence electrons. The van der Waals surface area contributed by atoms with E-state index >= 15 is 0 Å². The van der Waals surface area contributed by atoms with Crippen LogP contribution < -0.4 is 10.2 Å². The number of amides is 1. The summed E-state index contributed by atoms with van der Waals surface area (Å²) >= 11 is 4.97. The van der Waals surface area contributed by atoms with Crippen LogP contribution in [0.25, 0.3) is 10.2 Å². The minimum atomic E-state index is -0.169. The molecule has 0 bridgehead atoms. The highest BCUT2D eigenvalue weighted by Gasteiger charge is 2.16. The average molecular weight is 407 g/mol. The molecule has 0 saturated carbocycles. The maximum atomic E-state index is 12.2. The summed E-state index contributed by atoms with van der Waals surface area (Å²) in [6, 6.07) is 7.53. The van der Waals surface area contributed by atoms with Gasteiger partial charge in [0.15, 0.2) is 5.13 Å². The maximum absolute atomic E-state index is 12.2. The van der Waals surface area contributed by atoms with Gasteiger partial charge in [0, 0.05) is 29.4 Å². The molecule has 3 heterocycles. The highest BCUT2D eigenvalue weighted by Crippen LogP contribution is 2.31. The van der Waals surface area contributed by atoms with Crippen LogP contribution in [0.15, 0.2) is 34.9 Å². The van der Waals surface area contributed by atoms with Gasteiger partial charge in [-0.2, -0.15) is 0 Å². The van der Waals surface area contributed by atoms with Gasteiger partial charge in [-0.3, -0.25) is 4.79 Å². The maximum Gasteiger partial charge on any atom is 0.272 e.